The summed E-state index contributed by atoms with van der Waals surface area (Å²) >= 11 is 0. The Balaban J connectivity index is 1.44. The molecule has 0 fully saturated rings. The molecule has 11 nitrogen and oxygen atoms in total. The molecule has 0 saturated carbocycles. The van der Waals surface area contributed by atoms with Crippen LogP contribution < -0.4 is 15.6 Å². The van der Waals surface area contributed by atoms with E-state index in [2.05, 4.69) is 25.1 Å². The lowest BCUT2D eigenvalue weighted by Gasteiger charge is -2.10. The summed E-state index contributed by atoms with van der Waals surface area (Å²) in [6, 6.07) is 13.3. The van der Waals surface area contributed by atoms with E-state index in [0.29, 0.717) is 28.7 Å². The Morgan fingerprint density at radius 2 is 1.82 bits per heavy atom. The van der Waals surface area contributed by atoms with Gasteiger partial charge in [-0.25, -0.2) is 23.1 Å². The number of nitrogens with zero attached hydrogens (tertiary/aromatic N) is 4. The van der Waals surface area contributed by atoms with Gasteiger partial charge in [0.2, 0.25) is 5.91 Å². The van der Waals surface area contributed by atoms with Gasteiger partial charge in [-0.3, -0.25) is 14.3 Å². The summed E-state index contributed by atoms with van der Waals surface area (Å²) in [6.07, 6.45) is 1.48. The zero-order valence-corrected chi connectivity index (χ0v) is 19.0. The summed E-state index contributed by atoms with van der Waals surface area (Å²) in [7, 11) is -3.89. The van der Waals surface area contributed by atoms with E-state index in [9.17, 15) is 18.0 Å². The van der Waals surface area contributed by atoms with Crippen LogP contribution in [-0.2, 0) is 21.4 Å². The summed E-state index contributed by atoms with van der Waals surface area (Å²) in [4.78, 5) is 32.7. The highest BCUT2D eigenvalue weighted by Gasteiger charge is 2.16. The van der Waals surface area contributed by atoms with Crippen molar-refractivity contribution in [3.63, 3.8) is 0 Å². The van der Waals surface area contributed by atoms with E-state index in [-0.39, 0.29) is 17.3 Å². The van der Waals surface area contributed by atoms with Crippen LogP contribution in [0.2, 0.25) is 0 Å². The Kier molecular flexibility index (Phi) is 6.23. The van der Waals surface area contributed by atoms with Crippen LogP contribution in [0.1, 0.15) is 11.5 Å². The molecule has 0 radical (unpaired) electrons. The van der Waals surface area contributed by atoms with E-state index in [0.717, 1.165) is 4.68 Å². The third kappa shape index (κ3) is 5.35. The van der Waals surface area contributed by atoms with Gasteiger partial charge < -0.3 is 9.73 Å². The van der Waals surface area contributed by atoms with Crippen LogP contribution in [0, 0.1) is 13.8 Å². The fraction of sp³-hybridized carbons (Fsp3) is 0.136. The largest absolute Gasteiger partial charge is 0.463 e. The van der Waals surface area contributed by atoms with Gasteiger partial charge in [0.05, 0.1) is 11.2 Å². The van der Waals surface area contributed by atoms with E-state index in [1.807, 2.05) is 0 Å². The van der Waals surface area contributed by atoms with E-state index in [1.165, 1.54) is 48.7 Å². The molecule has 12 heteroatoms. The molecule has 4 rings (SSSR count). The maximum atomic E-state index is 12.7. The molecule has 1 amide bonds. The van der Waals surface area contributed by atoms with Crippen molar-refractivity contribution in [3.05, 3.63) is 82.7 Å². The first-order valence-electron chi connectivity index (χ1n) is 10.1. The summed E-state index contributed by atoms with van der Waals surface area (Å²) in [5.41, 5.74) is 0.946. The van der Waals surface area contributed by atoms with E-state index < -0.39 is 21.5 Å². The van der Waals surface area contributed by atoms with Crippen LogP contribution >= 0.6 is 0 Å². The number of benzene rings is 1. The Morgan fingerprint density at radius 3 is 2.50 bits per heavy atom. The van der Waals surface area contributed by atoms with Crippen molar-refractivity contribution in [1.29, 1.82) is 0 Å². The molecule has 3 aromatic heterocycles. The fourth-order valence-electron chi connectivity index (χ4n) is 3.14. The molecule has 0 aliphatic carbocycles. The molecule has 0 spiro atoms. The highest BCUT2D eigenvalue weighted by molar-refractivity contribution is 7.92. The molecule has 174 valence electrons. The number of rotatable bonds is 7. The second-order valence-corrected chi connectivity index (χ2v) is 8.99. The Hall–Kier alpha value is -4.32. The molecule has 0 unspecified atom stereocenters. The van der Waals surface area contributed by atoms with Gasteiger partial charge in [0, 0.05) is 23.5 Å². The predicted octanol–water partition coefficient (Wildman–Crippen LogP) is 2.35. The Labute approximate surface area is 194 Å². The van der Waals surface area contributed by atoms with Crippen molar-refractivity contribution in [2.24, 2.45) is 0 Å². The van der Waals surface area contributed by atoms with Gasteiger partial charge in [-0.2, -0.15) is 5.10 Å². The monoisotopic (exact) mass is 480 g/mol. The van der Waals surface area contributed by atoms with Crippen molar-refractivity contribution in [3.8, 4) is 11.5 Å². The number of carbonyl (C=O) groups is 1. The zero-order valence-electron chi connectivity index (χ0n) is 18.2. The number of hydrogen-bond donors (Lipinski definition) is 2. The summed E-state index contributed by atoms with van der Waals surface area (Å²) in [5.74, 6) is 0.565. The molecule has 2 N–H and O–H groups in total. The van der Waals surface area contributed by atoms with Gasteiger partial charge in [0.15, 0.2) is 5.76 Å². The number of furan rings is 1. The molecule has 1 aromatic carbocycles. The number of hydrogen-bond acceptors (Lipinski definition) is 8. The van der Waals surface area contributed by atoms with Gasteiger partial charge in [0.1, 0.15) is 23.9 Å². The first-order valence-corrected chi connectivity index (χ1v) is 11.5. The Morgan fingerprint density at radius 1 is 1.06 bits per heavy atom. The van der Waals surface area contributed by atoms with Gasteiger partial charge in [-0.15, -0.1) is 0 Å². The lowest BCUT2D eigenvalue weighted by atomic mass is 10.3. The summed E-state index contributed by atoms with van der Waals surface area (Å²) in [6.45, 7) is 3.07. The van der Waals surface area contributed by atoms with E-state index in [1.54, 1.807) is 26.0 Å². The quantitative estimate of drug-likeness (QED) is 0.409. The Bertz CT molecular complexity index is 1480. The van der Waals surface area contributed by atoms with Crippen molar-refractivity contribution in [2.75, 3.05) is 10.0 Å². The minimum absolute atomic E-state index is 0.0107. The molecule has 0 atom stereocenters. The lowest BCUT2D eigenvalue weighted by molar-refractivity contribution is -0.117. The maximum Gasteiger partial charge on any atom is 0.267 e. The van der Waals surface area contributed by atoms with E-state index >= 15 is 0 Å². The number of aryl methyl sites for hydroxylation is 2. The molecule has 0 bridgehead atoms. The van der Waals surface area contributed by atoms with Crippen LogP contribution in [0.4, 0.5) is 11.5 Å². The van der Waals surface area contributed by atoms with Gasteiger partial charge >= 0.3 is 0 Å². The van der Waals surface area contributed by atoms with Crippen molar-refractivity contribution in [2.45, 2.75) is 25.3 Å². The maximum absolute atomic E-state index is 12.7. The molecule has 0 aliphatic rings. The molecular weight excluding hydrogens is 460 g/mol. The van der Waals surface area contributed by atoms with Gasteiger partial charge in [-0.1, -0.05) is 0 Å². The molecule has 0 aliphatic heterocycles. The molecular formula is C22H20N6O5S. The number of carbonyl (C=O) groups excluding carboxylic acids is 1. The molecule has 0 saturated heterocycles. The highest BCUT2D eigenvalue weighted by Crippen LogP contribution is 2.18. The van der Waals surface area contributed by atoms with Crippen molar-refractivity contribution < 1.29 is 17.6 Å². The van der Waals surface area contributed by atoms with Gasteiger partial charge in [0.25, 0.3) is 15.6 Å². The second kappa shape index (κ2) is 9.27. The minimum atomic E-state index is -3.89. The summed E-state index contributed by atoms with van der Waals surface area (Å²) < 4.78 is 34.0. The number of sulfonamides is 1. The highest BCUT2D eigenvalue weighted by atomic mass is 32.2. The summed E-state index contributed by atoms with van der Waals surface area (Å²) in [5, 5.41) is 6.76. The van der Waals surface area contributed by atoms with Crippen molar-refractivity contribution in [1.82, 2.24) is 19.7 Å². The minimum Gasteiger partial charge on any atom is -0.463 e. The first-order chi connectivity index (χ1) is 16.2. The van der Waals surface area contributed by atoms with Crippen LogP contribution in [-0.4, -0.2) is 34.1 Å². The second-order valence-electron chi connectivity index (χ2n) is 7.31. The number of anilines is 2. The zero-order chi connectivity index (χ0) is 24.3. The average molecular weight is 481 g/mol. The molecule has 34 heavy (non-hydrogen) atoms. The van der Waals surface area contributed by atoms with Crippen LogP contribution in [0.25, 0.3) is 11.5 Å². The topological polar surface area (TPSA) is 149 Å². The SMILES string of the molecule is Cc1cc(NS(=O)(=O)c2ccc(NC(=O)Cn3nc(-c4ccco4)ccc3=O)cc2)nc(C)n1. The third-order valence-corrected chi connectivity index (χ3v) is 5.96. The number of amides is 1. The fourth-order valence-corrected chi connectivity index (χ4v) is 4.13. The predicted molar refractivity (Wildman–Crippen MR) is 124 cm³/mol. The molecule has 4 aromatic rings. The average Bonchev–Trinajstić information content (AvgIpc) is 3.29. The van der Waals surface area contributed by atoms with Crippen LogP contribution in [0.3, 0.4) is 0 Å². The number of nitrogens with one attached hydrogen (secondary N) is 2. The van der Waals surface area contributed by atoms with Crippen LogP contribution in [0.15, 0.2) is 75.0 Å². The lowest BCUT2D eigenvalue weighted by Crippen LogP contribution is -2.29. The standard InChI is InChI=1S/C22H20N6O5S/c1-14-12-20(24-15(2)23-14)27-34(31,32)17-7-5-16(6-8-17)25-21(29)13-28-22(30)10-9-18(26-28)19-4-3-11-33-19/h3-12H,13H2,1-2H3,(H,25,29)(H,23,24,27). The van der Waals surface area contributed by atoms with Crippen molar-refractivity contribution >= 4 is 27.4 Å². The first kappa shape index (κ1) is 22.9. The normalized spacial score (nSPS) is 11.2. The van der Waals surface area contributed by atoms with Gasteiger partial charge in [-0.05, 0) is 56.3 Å². The van der Waals surface area contributed by atoms with Crippen LogP contribution in [0.5, 0.6) is 0 Å². The third-order valence-electron chi connectivity index (χ3n) is 4.59. The smallest absolute Gasteiger partial charge is 0.267 e. The molecule has 3 heterocycles. The van der Waals surface area contributed by atoms with E-state index in [4.69, 9.17) is 4.42 Å². The number of aromatic nitrogens is 4.